The molecule has 1 rings (SSSR count). The molecule has 0 saturated carbocycles. The molecule has 2 nitrogen and oxygen atoms in total. The first-order chi connectivity index (χ1) is 11.5. The van der Waals surface area contributed by atoms with Crippen molar-refractivity contribution in [2.24, 2.45) is 11.7 Å². The maximum Gasteiger partial charge on any atom is 0.122 e. The lowest BCUT2D eigenvalue weighted by Crippen LogP contribution is -2.05. The fourth-order valence-corrected chi connectivity index (χ4v) is 3.24. The average molecular weight is 348 g/mol. The molecule has 0 spiro atoms. The van der Waals surface area contributed by atoms with E-state index in [1.54, 1.807) is 11.8 Å². The van der Waals surface area contributed by atoms with E-state index in [-0.39, 0.29) is 0 Å². The summed E-state index contributed by atoms with van der Waals surface area (Å²) in [5.74, 6) is 1.73. The van der Waals surface area contributed by atoms with Gasteiger partial charge in [0.2, 0.25) is 0 Å². The number of hydrogen-bond donors (Lipinski definition) is 1. The first-order valence-electron chi connectivity index (χ1n) is 9.11. The normalized spacial score (nSPS) is 13.9. The molecule has 0 aliphatic heterocycles. The lowest BCUT2D eigenvalue weighted by molar-refractivity contribution is 0.279. The van der Waals surface area contributed by atoms with Gasteiger partial charge in [0.1, 0.15) is 5.75 Å². The molecular formula is C21H33NOS. The highest BCUT2D eigenvalue weighted by atomic mass is 32.2. The van der Waals surface area contributed by atoms with Crippen molar-refractivity contribution >= 4 is 16.7 Å². The van der Waals surface area contributed by atoms with Crippen molar-refractivity contribution in [1.82, 2.24) is 0 Å². The maximum atomic E-state index is 6.06. The molecule has 0 aliphatic rings. The molecule has 0 heterocycles. The van der Waals surface area contributed by atoms with Crippen LogP contribution in [0.4, 0.5) is 0 Å². The zero-order valence-corrected chi connectivity index (χ0v) is 16.7. The predicted molar refractivity (Wildman–Crippen MR) is 109 cm³/mol. The Morgan fingerprint density at radius 2 is 2.04 bits per heavy atom. The van der Waals surface area contributed by atoms with E-state index < -0.39 is 0 Å². The van der Waals surface area contributed by atoms with Crippen LogP contribution in [0.2, 0.25) is 0 Å². The van der Waals surface area contributed by atoms with Gasteiger partial charge in [-0.25, -0.2) is 0 Å². The molecule has 0 fully saturated rings. The van der Waals surface area contributed by atoms with Gasteiger partial charge in [-0.3, -0.25) is 0 Å². The van der Waals surface area contributed by atoms with E-state index in [1.807, 2.05) is 0 Å². The Kier molecular flexibility index (Phi) is 9.70. The topological polar surface area (TPSA) is 35.2 Å². The summed E-state index contributed by atoms with van der Waals surface area (Å²) in [6, 6.07) is 6.48. The van der Waals surface area contributed by atoms with Crippen LogP contribution < -0.4 is 10.5 Å². The van der Waals surface area contributed by atoms with Gasteiger partial charge < -0.3 is 10.5 Å². The van der Waals surface area contributed by atoms with Crippen LogP contribution in [0, 0.1) is 5.92 Å². The highest BCUT2D eigenvalue weighted by molar-refractivity contribution is 8.11. The Morgan fingerprint density at radius 1 is 1.29 bits per heavy atom. The molecule has 0 aromatic heterocycles. The lowest BCUT2D eigenvalue weighted by Gasteiger charge is -2.15. The molecule has 1 aromatic rings. The maximum absolute atomic E-state index is 6.06. The Labute approximate surface area is 152 Å². The lowest BCUT2D eigenvalue weighted by atomic mass is 10.1. The molecule has 0 bridgehead atoms. The van der Waals surface area contributed by atoms with Crippen LogP contribution in [0.15, 0.2) is 35.4 Å². The largest absolute Gasteiger partial charge is 0.493 e. The van der Waals surface area contributed by atoms with E-state index in [0.717, 1.165) is 36.6 Å². The Balaban J connectivity index is 2.86. The van der Waals surface area contributed by atoms with Crippen molar-refractivity contribution in [3.63, 3.8) is 0 Å². The molecule has 0 amide bonds. The van der Waals surface area contributed by atoms with Crippen molar-refractivity contribution in [3.05, 3.63) is 46.5 Å². The van der Waals surface area contributed by atoms with Crippen LogP contribution in [0.5, 0.6) is 5.75 Å². The molecule has 0 radical (unpaired) electrons. The van der Waals surface area contributed by atoms with Gasteiger partial charge in [0, 0.05) is 4.91 Å². The fraction of sp³-hybridized carbons (Fsp3) is 0.524. The molecule has 1 aromatic carbocycles. The first kappa shape index (κ1) is 20.7. The first-order valence-corrected chi connectivity index (χ1v) is 9.93. The van der Waals surface area contributed by atoms with Gasteiger partial charge in [-0.05, 0) is 55.4 Å². The summed E-state index contributed by atoms with van der Waals surface area (Å²) in [7, 11) is 0. The number of aryl methyl sites for hydroxylation is 1. The summed E-state index contributed by atoms with van der Waals surface area (Å²) >= 11 is 1.63. The van der Waals surface area contributed by atoms with Crippen LogP contribution in [-0.4, -0.2) is 6.61 Å². The zero-order valence-electron chi connectivity index (χ0n) is 15.9. The monoisotopic (exact) mass is 347 g/mol. The van der Waals surface area contributed by atoms with E-state index in [2.05, 4.69) is 65.0 Å². The second kappa shape index (κ2) is 11.2. The summed E-state index contributed by atoms with van der Waals surface area (Å²) in [4.78, 5) is 1.19. The van der Waals surface area contributed by atoms with E-state index in [9.17, 15) is 0 Å². The molecule has 3 heteroatoms. The second-order valence-electron chi connectivity index (χ2n) is 6.10. The molecular weight excluding hydrogens is 314 g/mol. The molecule has 0 saturated heterocycles. The minimum absolute atomic E-state index is 0.716. The van der Waals surface area contributed by atoms with Crippen LogP contribution in [-0.2, 0) is 6.42 Å². The van der Waals surface area contributed by atoms with Crippen LogP contribution >= 0.6 is 11.8 Å². The number of rotatable bonds is 10. The summed E-state index contributed by atoms with van der Waals surface area (Å²) < 4.78 is 6.03. The highest BCUT2D eigenvalue weighted by Gasteiger charge is 2.09. The molecule has 2 N–H and O–H groups in total. The van der Waals surface area contributed by atoms with Crippen molar-refractivity contribution in [2.45, 2.75) is 60.3 Å². The zero-order chi connectivity index (χ0) is 17.9. The molecule has 0 aliphatic carbocycles. The fourth-order valence-electron chi connectivity index (χ4n) is 2.38. The minimum atomic E-state index is 0.716. The van der Waals surface area contributed by atoms with Gasteiger partial charge in [0.25, 0.3) is 0 Å². The number of ether oxygens (including phenoxy) is 1. The van der Waals surface area contributed by atoms with Gasteiger partial charge in [-0.1, -0.05) is 64.1 Å². The van der Waals surface area contributed by atoms with Crippen LogP contribution in [0.3, 0.4) is 0 Å². The second-order valence-corrected chi connectivity index (χ2v) is 7.21. The smallest absolute Gasteiger partial charge is 0.122 e. The van der Waals surface area contributed by atoms with E-state index >= 15 is 0 Å². The summed E-state index contributed by atoms with van der Waals surface area (Å²) in [5.41, 5.74) is 8.53. The SMILES string of the molecule is C/C=C(\S/C(N)=C\CC)c1ccc(OCCC(C)CC)c(CC)c1. The predicted octanol–water partition coefficient (Wildman–Crippen LogP) is 6.37. The van der Waals surface area contributed by atoms with Crippen molar-refractivity contribution < 1.29 is 4.74 Å². The van der Waals surface area contributed by atoms with Gasteiger partial charge >= 0.3 is 0 Å². The third kappa shape index (κ3) is 6.64. The van der Waals surface area contributed by atoms with Crippen LogP contribution in [0.1, 0.15) is 65.0 Å². The molecule has 1 atom stereocenters. The third-order valence-corrected chi connectivity index (χ3v) is 5.28. The summed E-state index contributed by atoms with van der Waals surface area (Å²) in [5, 5.41) is 0.859. The number of hydrogen-bond acceptors (Lipinski definition) is 3. The Morgan fingerprint density at radius 3 is 2.62 bits per heavy atom. The van der Waals surface area contributed by atoms with Crippen molar-refractivity contribution in [3.8, 4) is 5.75 Å². The van der Waals surface area contributed by atoms with Gasteiger partial charge in [-0.15, -0.1) is 0 Å². The third-order valence-electron chi connectivity index (χ3n) is 4.19. The average Bonchev–Trinajstić information content (AvgIpc) is 2.59. The van der Waals surface area contributed by atoms with Crippen molar-refractivity contribution in [1.29, 1.82) is 0 Å². The summed E-state index contributed by atoms with van der Waals surface area (Å²) in [6.45, 7) is 11.6. The molecule has 24 heavy (non-hydrogen) atoms. The van der Waals surface area contributed by atoms with Gasteiger partial charge in [-0.2, -0.15) is 0 Å². The standard InChI is InChI=1S/C21H33NOS/c1-6-10-21(22)24-20(9-4)18-11-12-19(17(8-3)15-18)23-14-13-16(5)7-2/h9-12,15-16H,6-8,13-14,22H2,1-5H3/b20-9-,21-10-. The van der Waals surface area contributed by atoms with E-state index in [4.69, 9.17) is 10.5 Å². The van der Waals surface area contributed by atoms with Crippen molar-refractivity contribution in [2.75, 3.05) is 6.61 Å². The number of allylic oxidation sites excluding steroid dienone is 2. The van der Waals surface area contributed by atoms with Gasteiger partial charge in [0.15, 0.2) is 0 Å². The molecule has 134 valence electrons. The Bertz CT molecular complexity index is 563. The van der Waals surface area contributed by atoms with Gasteiger partial charge in [0.05, 0.1) is 11.6 Å². The highest BCUT2D eigenvalue weighted by Crippen LogP contribution is 2.34. The van der Waals surface area contributed by atoms with E-state index in [0.29, 0.717) is 5.92 Å². The van der Waals surface area contributed by atoms with Crippen LogP contribution in [0.25, 0.3) is 4.91 Å². The number of nitrogens with two attached hydrogens (primary N) is 1. The van der Waals surface area contributed by atoms with E-state index in [1.165, 1.54) is 22.5 Å². The quantitative estimate of drug-likeness (QED) is 0.534. The minimum Gasteiger partial charge on any atom is -0.493 e. The summed E-state index contributed by atoms with van der Waals surface area (Å²) in [6.07, 6.45) is 8.42. The number of thioether (sulfide) groups is 1. The Hall–Kier alpha value is -1.35. The molecule has 1 unspecified atom stereocenters. The number of benzene rings is 1.